The van der Waals surface area contributed by atoms with E-state index in [-0.39, 0.29) is 12.6 Å². The van der Waals surface area contributed by atoms with Crippen molar-refractivity contribution < 1.29 is 14.4 Å². The van der Waals surface area contributed by atoms with E-state index >= 15 is 0 Å². The number of rotatable bonds is 6. The van der Waals surface area contributed by atoms with Gasteiger partial charge in [0.1, 0.15) is 12.1 Å². The normalized spacial score (nSPS) is 17.1. The minimum absolute atomic E-state index is 0.292. The van der Waals surface area contributed by atoms with E-state index in [0.29, 0.717) is 6.42 Å². The maximum atomic E-state index is 12.5. The zero-order chi connectivity index (χ0) is 18.7. The third-order valence-electron chi connectivity index (χ3n) is 4.19. The van der Waals surface area contributed by atoms with E-state index in [1.54, 1.807) is 37.6 Å². The smallest absolute Gasteiger partial charge is 0.325 e. The Hall–Kier alpha value is -2.74. The van der Waals surface area contributed by atoms with Crippen molar-refractivity contribution in [2.75, 3.05) is 6.54 Å². The fraction of sp³-hybridized carbons (Fsp3) is 0.333. The van der Waals surface area contributed by atoms with Gasteiger partial charge in [0.25, 0.3) is 5.91 Å². The van der Waals surface area contributed by atoms with Crippen molar-refractivity contribution in [2.45, 2.75) is 31.8 Å². The van der Waals surface area contributed by atoms with Crippen molar-refractivity contribution >= 4 is 29.2 Å². The van der Waals surface area contributed by atoms with Gasteiger partial charge in [-0.05, 0) is 54.3 Å². The fourth-order valence-corrected chi connectivity index (χ4v) is 3.51. The van der Waals surface area contributed by atoms with Gasteiger partial charge in [-0.25, -0.2) is 4.79 Å². The molecule has 0 unspecified atom stereocenters. The van der Waals surface area contributed by atoms with Crippen molar-refractivity contribution in [3.63, 3.8) is 0 Å². The number of amides is 4. The Labute approximate surface area is 155 Å². The summed E-state index contributed by atoms with van der Waals surface area (Å²) in [6.45, 7) is 2.91. The summed E-state index contributed by atoms with van der Waals surface area (Å²) >= 11 is 1.59. The van der Waals surface area contributed by atoms with Gasteiger partial charge in [0, 0.05) is 12.4 Å². The topological polar surface area (TPSA) is 91.4 Å². The highest BCUT2D eigenvalue weighted by atomic mass is 32.1. The standard InChI is InChI=1S/C18H20N4O3S/c1-18(2)16(24)22(17(25)21-18)10-15(23)20-14(8-12-5-7-26-11-12)13-4-3-6-19-9-13/h3-7,9,11,14H,8,10H2,1-2H3,(H,20,23)(H,21,25)/t14-/m0/s1. The van der Waals surface area contributed by atoms with Crippen LogP contribution in [0.4, 0.5) is 4.79 Å². The molecule has 1 aliphatic rings. The number of carbonyl (C=O) groups excluding carboxylic acids is 3. The number of urea groups is 1. The zero-order valence-corrected chi connectivity index (χ0v) is 15.4. The van der Waals surface area contributed by atoms with Crippen LogP contribution in [-0.4, -0.2) is 39.8 Å². The predicted molar refractivity (Wildman–Crippen MR) is 97.5 cm³/mol. The average molecular weight is 372 g/mol. The summed E-state index contributed by atoms with van der Waals surface area (Å²) in [7, 11) is 0. The second-order valence-electron chi connectivity index (χ2n) is 6.69. The molecule has 1 atom stereocenters. The first-order valence-corrected chi connectivity index (χ1v) is 9.15. The van der Waals surface area contributed by atoms with Crippen molar-refractivity contribution in [2.24, 2.45) is 0 Å². The third kappa shape index (κ3) is 3.91. The molecule has 7 nitrogen and oxygen atoms in total. The van der Waals surface area contributed by atoms with Crippen LogP contribution >= 0.6 is 11.3 Å². The van der Waals surface area contributed by atoms with Gasteiger partial charge in [-0.2, -0.15) is 11.3 Å². The van der Waals surface area contributed by atoms with E-state index in [0.717, 1.165) is 16.0 Å². The average Bonchev–Trinajstić information content (AvgIpc) is 3.17. The van der Waals surface area contributed by atoms with E-state index < -0.39 is 23.4 Å². The molecule has 0 bridgehead atoms. The minimum Gasteiger partial charge on any atom is -0.347 e. The van der Waals surface area contributed by atoms with E-state index in [2.05, 4.69) is 15.6 Å². The predicted octanol–water partition coefficient (Wildman–Crippen LogP) is 1.87. The van der Waals surface area contributed by atoms with Gasteiger partial charge in [-0.15, -0.1) is 0 Å². The van der Waals surface area contributed by atoms with Gasteiger partial charge in [0.05, 0.1) is 6.04 Å². The highest BCUT2D eigenvalue weighted by molar-refractivity contribution is 7.07. The van der Waals surface area contributed by atoms with Gasteiger partial charge in [0.2, 0.25) is 5.91 Å². The van der Waals surface area contributed by atoms with Crippen LogP contribution in [-0.2, 0) is 16.0 Å². The number of aromatic nitrogens is 1. The van der Waals surface area contributed by atoms with E-state index in [1.807, 2.05) is 29.0 Å². The number of nitrogens with zero attached hydrogens (tertiary/aromatic N) is 2. The molecular formula is C18H20N4O3S. The van der Waals surface area contributed by atoms with Crippen LogP contribution < -0.4 is 10.6 Å². The van der Waals surface area contributed by atoms with Gasteiger partial charge in [0.15, 0.2) is 0 Å². The molecule has 2 aromatic rings. The summed E-state index contributed by atoms with van der Waals surface area (Å²) in [5, 5.41) is 9.49. The first-order valence-electron chi connectivity index (χ1n) is 8.21. The van der Waals surface area contributed by atoms with Crippen LogP contribution in [0.15, 0.2) is 41.4 Å². The molecule has 3 heterocycles. The van der Waals surface area contributed by atoms with Crippen LogP contribution in [0.5, 0.6) is 0 Å². The number of hydrogen-bond donors (Lipinski definition) is 2. The summed E-state index contributed by atoms with van der Waals surface area (Å²) in [6.07, 6.45) is 3.98. The molecular weight excluding hydrogens is 352 g/mol. The molecule has 3 rings (SSSR count). The molecule has 0 saturated carbocycles. The van der Waals surface area contributed by atoms with Gasteiger partial charge in [-0.1, -0.05) is 6.07 Å². The lowest BCUT2D eigenvalue weighted by Gasteiger charge is -2.21. The number of carbonyl (C=O) groups is 3. The SMILES string of the molecule is CC1(C)NC(=O)N(CC(=O)N[C@@H](Cc2ccsc2)c2cccnc2)C1=O. The Morgan fingerprint density at radius 3 is 2.77 bits per heavy atom. The van der Waals surface area contributed by atoms with Crippen LogP contribution in [0.2, 0.25) is 0 Å². The van der Waals surface area contributed by atoms with Gasteiger partial charge >= 0.3 is 6.03 Å². The number of thiophene rings is 1. The monoisotopic (exact) mass is 372 g/mol. The van der Waals surface area contributed by atoms with Crippen molar-refractivity contribution in [3.05, 3.63) is 52.5 Å². The quantitative estimate of drug-likeness (QED) is 0.758. The van der Waals surface area contributed by atoms with Crippen molar-refractivity contribution in [1.29, 1.82) is 0 Å². The molecule has 4 amide bonds. The molecule has 1 aliphatic heterocycles. The Morgan fingerprint density at radius 2 is 2.19 bits per heavy atom. The summed E-state index contributed by atoms with van der Waals surface area (Å²) in [5.41, 5.74) is 0.974. The molecule has 1 saturated heterocycles. The molecule has 2 N–H and O–H groups in total. The molecule has 26 heavy (non-hydrogen) atoms. The van der Waals surface area contributed by atoms with Gasteiger partial charge < -0.3 is 10.6 Å². The molecule has 0 spiro atoms. The number of hydrogen-bond acceptors (Lipinski definition) is 5. The summed E-state index contributed by atoms with van der Waals surface area (Å²) < 4.78 is 0. The summed E-state index contributed by atoms with van der Waals surface area (Å²) in [6, 6.07) is 4.86. The van der Waals surface area contributed by atoms with Crippen LogP contribution in [0.25, 0.3) is 0 Å². The molecule has 8 heteroatoms. The zero-order valence-electron chi connectivity index (χ0n) is 14.6. The Bertz CT molecular complexity index is 805. The van der Waals surface area contributed by atoms with Gasteiger partial charge in [-0.3, -0.25) is 19.5 Å². The molecule has 2 aromatic heterocycles. The molecule has 0 radical (unpaired) electrons. The number of nitrogens with one attached hydrogen (secondary N) is 2. The van der Waals surface area contributed by atoms with Crippen LogP contribution in [0.1, 0.15) is 31.0 Å². The lowest BCUT2D eigenvalue weighted by Crippen LogP contribution is -2.44. The number of imide groups is 1. The van der Waals surface area contributed by atoms with Crippen LogP contribution in [0, 0.1) is 0 Å². The molecule has 0 aliphatic carbocycles. The molecule has 1 fully saturated rings. The summed E-state index contributed by atoms with van der Waals surface area (Å²) in [5.74, 6) is -0.802. The Balaban J connectivity index is 1.71. The second kappa shape index (κ2) is 7.25. The highest BCUT2D eigenvalue weighted by Crippen LogP contribution is 2.20. The maximum absolute atomic E-state index is 12.5. The lowest BCUT2D eigenvalue weighted by atomic mass is 10.0. The van der Waals surface area contributed by atoms with E-state index in [1.165, 1.54) is 0 Å². The van der Waals surface area contributed by atoms with E-state index in [4.69, 9.17) is 0 Å². The van der Waals surface area contributed by atoms with Crippen LogP contribution in [0.3, 0.4) is 0 Å². The van der Waals surface area contributed by atoms with Crippen molar-refractivity contribution in [1.82, 2.24) is 20.5 Å². The second-order valence-corrected chi connectivity index (χ2v) is 7.47. The first-order chi connectivity index (χ1) is 12.4. The third-order valence-corrected chi connectivity index (χ3v) is 4.92. The minimum atomic E-state index is -0.989. The lowest BCUT2D eigenvalue weighted by molar-refractivity contribution is -0.134. The largest absolute Gasteiger partial charge is 0.347 e. The Morgan fingerprint density at radius 1 is 1.38 bits per heavy atom. The van der Waals surface area contributed by atoms with Crippen molar-refractivity contribution in [3.8, 4) is 0 Å². The first kappa shape index (κ1) is 18.1. The summed E-state index contributed by atoms with van der Waals surface area (Å²) in [4.78, 5) is 41.8. The number of pyridine rings is 1. The fourth-order valence-electron chi connectivity index (χ4n) is 2.82. The maximum Gasteiger partial charge on any atom is 0.325 e. The Kier molecular flexibility index (Phi) is 5.03. The molecule has 0 aromatic carbocycles. The highest BCUT2D eigenvalue weighted by Gasteiger charge is 2.44. The molecule has 136 valence electrons. The van der Waals surface area contributed by atoms with E-state index in [9.17, 15) is 14.4 Å².